The predicted molar refractivity (Wildman–Crippen MR) is 123 cm³/mol. The zero-order valence-electron chi connectivity index (χ0n) is 17.9. The average Bonchev–Trinajstić information content (AvgIpc) is 3.58. The van der Waals surface area contributed by atoms with Gasteiger partial charge in [0.05, 0.1) is 11.9 Å². The molecule has 33 heavy (non-hydrogen) atoms. The summed E-state index contributed by atoms with van der Waals surface area (Å²) in [5, 5.41) is 7.75. The molecule has 0 radical (unpaired) electrons. The lowest BCUT2D eigenvalue weighted by Crippen LogP contribution is -2.25. The van der Waals surface area contributed by atoms with Crippen molar-refractivity contribution < 1.29 is 14.1 Å². The van der Waals surface area contributed by atoms with Gasteiger partial charge in [-0.3, -0.25) is 9.59 Å². The standard InChI is InChI=1S/C25H21N5O3/c1-15-22(23(30-33-15)16-5-3-2-4-6-16)24(31)20-13-28-21-11-17(7-8-19(20)21)25(32)27-10-9-18-12-26-14-29-18/h2-8,11-14,28H,9-10H2,1H3,(H,26,29)(H,27,32). The summed E-state index contributed by atoms with van der Waals surface area (Å²) in [6.45, 7) is 2.22. The number of hydrogen-bond acceptors (Lipinski definition) is 5. The number of aromatic nitrogens is 4. The molecule has 3 aromatic heterocycles. The second kappa shape index (κ2) is 8.58. The van der Waals surface area contributed by atoms with Gasteiger partial charge in [0.15, 0.2) is 0 Å². The number of rotatable bonds is 7. The zero-order chi connectivity index (χ0) is 22.8. The van der Waals surface area contributed by atoms with E-state index in [1.165, 1.54) is 0 Å². The maximum Gasteiger partial charge on any atom is 0.251 e. The first kappa shape index (κ1) is 20.4. The SMILES string of the molecule is Cc1onc(-c2ccccc2)c1C(=O)c1c[nH]c2cc(C(=O)NCCc3cnc[nH]3)ccc12. The topological polar surface area (TPSA) is 117 Å². The molecule has 2 aromatic carbocycles. The van der Waals surface area contributed by atoms with Crippen LogP contribution in [-0.2, 0) is 6.42 Å². The fourth-order valence-electron chi connectivity index (χ4n) is 3.86. The Balaban J connectivity index is 1.39. The Kier molecular flexibility index (Phi) is 5.32. The number of aromatic amines is 2. The van der Waals surface area contributed by atoms with Crippen LogP contribution in [-0.4, -0.2) is 38.3 Å². The van der Waals surface area contributed by atoms with Crippen molar-refractivity contribution in [1.29, 1.82) is 0 Å². The van der Waals surface area contributed by atoms with E-state index >= 15 is 0 Å². The summed E-state index contributed by atoms with van der Waals surface area (Å²) in [6, 6.07) is 14.7. The van der Waals surface area contributed by atoms with Crippen molar-refractivity contribution in [2.75, 3.05) is 6.54 Å². The van der Waals surface area contributed by atoms with Crippen molar-refractivity contribution in [3.63, 3.8) is 0 Å². The van der Waals surface area contributed by atoms with E-state index < -0.39 is 0 Å². The lowest BCUT2D eigenvalue weighted by atomic mass is 9.97. The number of nitrogens with zero attached hydrogens (tertiary/aromatic N) is 2. The maximum atomic E-state index is 13.5. The van der Waals surface area contributed by atoms with Crippen LogP contribution in [0.15, 0.2) is 71.8 Å². The van der Waals surface area contributed by atoms with Gasteiger partial charge in [0.2, 0.25) is 5.78 Å². The predicted octanol–water partition coefficient (Wildman–Crippen LogP) is 4.06. The summed E-state index contributed by atoms with van der Waals surface area (Å²) < 4.78 is 5.36. The largest absolute Gasteiger partial charge is 0.360 e. The van der Waals surface area contributed by atoms with Gasteiger partial charge in [0, 0.05) is 58.6 Å². The van der Waals surface area contributed by atoms with E-state index in [-0.39, 0.29) is 11.7 Å². The molecule has 0 unspecified atom stereocenters. The Morgan fingerprint density at radius 3 is 2.73 bits per heavy atom. The zero-order valence-corrected chi connectivity index (χ0v) is 17.9. The van der Waals surface area contributed by atoms with Gasteiger partial charge in [0.25, 0.3) is 5.91 Å². The molecule has 0 atom stereocenters. The molecule has 0 fully saturated rings. The second-order valence-corrected chi connectivity index (χ2v) is 7.70. The molecule has 164 valence electrons. The molecule has 5 aromatic rings. The minimum atomic E-state index is -0.185. The van der Waals surface area contributed by atoms with Crippen molar-refractivity contribution in [3.05, 3.63) is 95.4 Å². The summed E-state index contributed by atoms with van der Waals surface area (Å²) in [6.07, 6.45) is 5.67. The number of carbonyl (C=O) groups is 2. The molecule has 0 saturated heterocycles. The number of carbonyl (C=O) groups excluding carboxylic acids is 2. The van der Waals surface area contributed by atoms with Crippen molar-refractivity contribution in [3.8, 4) is 11.3 Å². The monoisotopic (exact) mass is 439 g/mol. The molecule has 3 N–H and O–H groups in total. The van der Waals surface area contributed by atoms with Crippen LogP contribution in [0.5, 0.6) is 0 Å². The van der Waals surface area contributed by atoms with Gasteiger partial charge in [0.1, 0.15) is 11.5 Å². The van der Waals surface area contributed by atoms with Gasteiger partial charge in [-0.15, -0.1) is 0 Å². The van der Waals surface area contributed by atoms with Crippen LogP contribution in [0.25, 0.3) is 22.2 Å². The summed E-state index contributed by atoms with van der Waals surface area (Å²) >= 11 is 0. The van der Waals surface area contributed by atoms with Crippen LogP contribution in [0, 0.1) is 6.92 Å². The number of amides is 1. The Bertz CT molecular complexity index is 1430. The lowest BCUT2D eigenvalue weighted by Gasteiger charge is -2.05. The first-order chi connectivity index (χ1) is 16.1. The molecule has 0 aliphatic rings. The number of nitrogens with one attached hydrogen (secondary N) is 3. The molecule has 0 aliphatic carbocycles. The van der Waals surface area contributed by atoms with Crippen LogP contribution in [0.4, 0.5) is 0 Å². The van der Waals surface area contributed by atoms with E-state index in [1.54, 1.807) is 43.8 Å². The van der Waals surface area contributed by atoms with E-state index in [9.17, 15) is 9.59 Å². The van der Waals surface area contributed by atoms with Gasteiger partial charge in [-0.05, 0) is 19.1 Å². The molecule has 5 rings (SSSR count). The van der Waals surface area contributed by atoms with Crippen LogP contribution >= 0.6 is 0 Å². The van der Waals surface area contributed by atoms with Crippen molar-refractivity contribution in [1.82, 2.24) is 25.4 Å². The smallest absolute Gasteiger partial charge is 0.251 e. The van der Waals surface area contributed by atoms with E-state index in [4.69, 9.17) is 4.52 Å². The summed E-state index contributed by atoms with van der Waals surface area (Å²) in [4.78, 5) is 36.1. The van der Waals surface area contributed by atoms with Gasteiger partial charge in [-0.1, -0.05) is 41.6 Å². The van der Waals surface area contributed by atoms with Gasteiger partial charge >= 0.3 is 0 Å². The fourth-order valence-corrected chi connectivity index (χ4v) is 3.86. The molecule has 8 heteroatoms. The van der Waals surface area contributed by atoms with E-state index in [0.717, 1.165) is 16.6 Å². The minimum Gasteiger partial charge on any atom is -0.360 e. The Morgan fingerprint density at radius 2 is 1.94 bits per heavy atom. The highest BCUT2D eigenvalue weighted by molar-refractivity contribution is 6.19. The Morgan fingerprint density at radius 1 is 1.09 bits per heavy atom. The number of aryl methyl sites for hydroxylation is 1. The number of benzene rings is 2. The Labute approximate surface area is 189 Å². The second-order valence-electron chi connectivity index (χ2n) is 7.70. The summed E-state index contributed by atoms with van der Waals surface area (Å²) in [7, 11) is 0. The number of imidazole rings is 1. The van der Waals surface area contributed by atoms with E-state index in [2.05, 4.69) is 25.4 Å². The molecule has 0 aliphatic heterocycles. The lowest BCUT2D eigenvalue weighted by molar-refractivity contribution is 0.0953. The highest BCUT2D eigenvalue weighted by Gasteiger charge is 2.25. The molecule has 1 amide bonds. The number of ketones is 1. The van der Waals surface area contributed by atoms with Gasteiger partial charge in [-0.25, -0.2) is 4.98 Å². The third kappa shape index (κ3) is 3.94. The third-order valence-corrected chi connectivity index (χ3v) is 5.56. The maximum absolute atomic E-state index is 13.5. The number of hydrogen-bond donors (Lipinski definition) is 3. The van der Waals surface area contributed by atoms with Crippen LogP contribution in [0.1, 0.15) is 37.7 Å². The van der Waals surface area contributed by atoms with Crippen LogP contribution < -0.4 is 5.32 Å². The van der Waals surface area contributed by atoms with Crippen LogP contribution in [0.3, 0.4) is 0 Å². The first-order valence-electron chi connectivity index (χ1n) is 10.5. The molecule has 3 heterocycles. The average molecular weight is 439 g/mol. The minimum absolute atomic E-state index is 0.180. The summed E-state index contributed by atoms with van der Waals surface area (Å²) in [5.41, 5.74) is 4.43. The molecule has 0 bridgehead atoms. The molecule has 8 nitrogen and oxygen atoms in total. The van der Waals surface area contributed by atoms with Gasteiger partial charge < -0.3 is 19.8 Å². The molecule has 0 saturated carbocycles. The van der Waals surface area contributed by atoms with Crippen molar-refractivity contribution >= 4 is 22.6 Å². The van der Waals surface area contributed by atoms with Crippen LogP contribution in [0.2, 0.25) is 0 Å². The van der Waals surface area contributed by atoms with Crippen molar-refractivity contribution in [2.45, 2.75) is 13.3 Å². The molecule has 0 spiro atoms. The Hall–Kier alpha value is -4.46. The third-order valence-electron chi connectivity index (χ3n) is 5.56. The highest BCUT2D eigenvalue weighted by atomic mass is 16.5. The molecular weight excluding hydrogens is 418 g/mol. The highest BCUT2D eigenvalue weighted by Crippen LogP contribution is 2.30. The van der Waals surface area contributed by atoms with E-state index in [1.807, 2.05) is 30.3 Å². The normalized spacial score (nSPS) is 11.1. The van der Waals surface area contributed by atoms with E-state index in [0.29, 0.717) is 46.6 Å². The quantitative estimate of drug-likeness (QED) is 0.331. The first-order valence-corrected chi connectivity index (χ1v) is 10.5. The number of H-pyrrole nitrogens is 2. The van der Waals surface area contributed by atoms with Crippen molar-refractivity contribution in [2.24, 2.45) is 0 Å². The number of fused-ring (bicyclic) bond motifs is 1. The molecular formula is C25H21N5O3. The fraction of sp³-hybridized carbons (Fsp3) is 0.120. The van der Waals surface area contributed by atoms with Gasteiger partial charge in [-0.2, -0.15) is 0 Å². The summed E-state index contributed by atoms with van der Waals surface area (Å²) in [5.74, 6) is 0.0946.